The van der Waals surface area contributed by atoms with Crippen molar-refractivity contribution in [3.05, 3.63) is 23.2 Å². The van der Waals surface area contributed by atoms with Crippen molar-refractivity contribution in [1.82, 2.24) is 0 Å². The molecular formula is C13H12ClNOS. The van der Waals surface area contributed by atoms with Gasteiger partial charge in [-0.3, -0.25) is 4.79 Å². The fourth-order valence-electron chi connectivity index (χ4n) is 1.93. The van der Waals surface area contributed by atoms with Crippen LogP contribution in [0, 0.1) is 18.3 Å². The van der Waals surface area contributed by atoms with E-state index >= 15 is 0 Å². The number of benzene rings is 1. The minimum absolute atomic E-state index is 0.0104. The number of thioether (sulfide) groups is 1. The second-order valence-corrected chi connectivity index (χ2v) is 5.17. The SMILES string of the molecule is C#CC1CC(=O)N(c2cc(Cl)ccc2SC)C1. The fraction of sp³-hybridized carbons (Fsp3) is 0.308. The van der Waals surface area contributed by atoms with Crippen molar-refractivity contribution in [2.75, 3.05) is 17.7 Å². The number of rotatable bonds is 2. The Bertz CT molecular complexity index is 495. The van der Waals surface area contributed by atoms with Gasteiger partial charge in [0.15, 0.2) is 0 Å². The van der Waals surface area contributed by atoms with Gasteiger partial charge in [-0.2, -0.15) is 0 Å². The molecule has 1 saturated heterocycles. The lowest BCUT2D eigenvalue weighted by Crippen LogP contribution is -2.24. The van der Waals surface area contributed by atoms with Crippen molar-refractivity contribution in [2.45, 2.75) is 11.3 Å². The zero-order valence-corrected chi connectivity index (χ0v) is 11.0. The number of carbonyl (C=O) groups excluding carboxylic acids is 1. The van der Waals surface area contributed by atoms with E-state index in [1.807, 2.05) is 24.5 Å². The predicted octanol–water partition coefficient (Wildman–Crippen LogP) is 3.05. The van der Waals surface area contributed by atoms with E-state index in [1.165, 1.54) is 0 Å². The van der Waals surface area contributed by atoms with Gasteiger partial charge in [-0.1, -0.05) is 11.6 Å². The number of terminal acetylenes is 1. The molecule has 1 aromatic carbocycles. The zero-order valence-electron chi connectivity index (χ0n) is 9.44. The third-order valence-electron chi connectivity index (χ3n) is 2.79. The maximum atomic E-state index is 11.9. The molecule has 2 rings (SSSR count). The van der Waals surface area contributed by atoms with Crippen LogP contribution in [0.25, 0.3) is 0 Å². The maximum absolute atomic E-state index is 11.9. The Balaban J connectivity index is 2.37. The van der Waals surface area contributed by atoms with Gasteiger partial charge in [-0.25, -0.2) is 0 Å². The second kappa shape index (κ2) is 5.03. The summed E-state index contributed by atoms with van der Waals surface area (Å²) in [5.74, 6) is 2.73. The molecular weight excluding hydrogens is 254 g/mol. The predicted molar refractivity (Wildman–Crippen MR) is 72.5 cm³/mol. The highest BCUT2D eigenvalue weighted by atomic mass is 35.5. The van der Waals surface area contributed by atoms with Crippen LogP contribution < -0.4 is 4.90 Å². The molecule has 17 heavy (non-hydrogen) atoms. The molecule has 0 aliphatic carbocycles. The second-order valence-electron chi connectivity index (χ2n) is 3.89. The zero-order chi connectivity index (χ0) is 12.4. The van der Waals surface area contributed by atoms with Gasteiger partial charge in [0.1, 0.15) is 0 Å². The Kier molecular flexibility index (Phi) is 3.66. The molecule has 1 atom stereocenters. The van der Waals surface area contributed by atoms with Crippen molar-refractivity contribution in [3.8, 4) is 12.3 Å². The normalized spacial score (nSPS) is 19.5. The first kappa shape index (κ1) is 12.3. The molecule has 1 heterocycles. The van der Waals surface area contributed by atoms with Crippen LogP contribution in [0.1, 0.15) is 6.42 Å². The van der Waals surface area contributed by atoms with Gasteiger partial charge in [0.25, 0.3) is 0 Å². The quantitative estimate of drug-likeness (QED) is 0.605. The molecule has 1 aliphatic rings. The lowest BCUT2D eigenvalue weighted by Gasteiger charge is -2.19. The van der Waals surface area contributed by atoms with Crippen LogP contribution in [0.2, 0.25) is 5.02 Å². The molecule has 1 aromatic rings. The van der Waals surface area contributed by atoms with Crippen molar-refractivity contribution in [2.24, 2.45) is 5.92 Å². The summed E-state index contributed by atoms with van der Waals surface area (Å²) in [4.78, 5) is 14.7. The van der Waals surface area contributed by atoms with E-state index in [0.29, 0.717) is 18.0 Å². The average molecular weight is 266 g/mol. The Hall–Kier alpha value is -1.11. The highest BCUT2D eigenvalue weighted by Crippen LogP contribution is 2.34. The summed E-state index contributed by atoms with van der Waals surface area (Å²) in [7, 11) is 0. The lowest BCUT2D eigenvalue weighted by atomic mass is 10.1. The summed E-state index contributed by atoms with van der Waals surface area (Å²) in [6.07, 6.45) is 7.78. The van der Waals surface area contributed by atoms with Gasteiger partial charge >= 0.3 is 0 Å². The van der Waals surface area contributed by atoms with Crippen LogP contribution in [0.4, 0.5) is 5.69 Å². The highest BCUT2D eigenvalue weighted by Gasteiger charge is 2.30. The average Bonchev–Trinajstić information content (AvgIpc) is 2.70. The monoisotopic (exact) mass is 265 g/mol. The van der Waals surface area contributed by atoms with Crippen molar-refractivity contribution >= 4 is 35.0 Å². The Morgan fingerprint density at radius 2 is 2.35 bits per heavy atom. The molecule has 0 spiro atoms. The van der Waals surface area contributed by atoms with E-state index < -0.39 is 0 Å². The number of hydrogen-bond acceptors (Lipinski definition) is 2. The van der Waals surface area contributed by atoms with Crippen molar-refractivity contribution < 1.29 is 4.79 Å². The lowest BCUT2D eigenvalue weighted by molar-refractivity contribution is -0.117. The molecule has 4 heteroatoms. The van der Waals surface area contributed by atoms with Crippen LogP contribution in [0.3, 0.4) is 0 Å². The van der Waals surface area contributed by atoms with Gasteiger partial charge in [0.2, 0.25) is 5.91 Å². The Morgan fingerprint density at radius 3 is 2.94 bits per heavy atom. The summed E-state index contributed by atoms with van der Waals surface area (Å²) >= 11 is 7.58. The van der Waals surface area contributed by atoms with Crippen LogP contribution in [-0.2, 0) is 4.79 Å². The van der Waals surface area contributed by atoms with E-state index in [1.54, 1.807) is 16.7 Å². The van der Waals surface area contributed by atoms with E-state index in [4.69, 9.17) is 18.0 Å². The number of amides is 1. The standard InChI is InChI=1S/C13H12ClNOS/c1-3-9-6-13(16)15(8-9)11-7-10(14)4-5-12(11)17-2/h1,4-5,7,9H,6,8H2,2H3. The van der Waals surface area contributed by atoms with Crippen molar-refractivity contribution in [1.29, 1.82) is 0 Å². The summed E-state index contributed by atoms with van der Waals surface area (Å²) in [6.45, 7) is 0.587. The van der Waals surface area contributed by atoms with E-state index in [-0.39, 0.29) is 11.8 Å². The number of halogens is 1. The first-order chi connectivity index (χ1) is 8.15. The first-order valence-electron chi connectivity index (χ1n) is 5.25. The first-order valence-corrected chi connectivity index (χ1v) is 6.86. The van der Waals surface area contributed by atoms with E-state index in [2.05, 4.69) is 5.92 Å². The van der Waals surface area contributed by atoms with Gasteiger partial charge in [0, 0.05) is 28.8 Å². The molecule has 88 valence electrons. The minimum Gasteiger partial charge on any atom is -0.310 e. The highest BCUT2D eigenvalue weighted by molar-refractivity contribution is 7.98. The van der Waals surface area contributed by atoms with Crippen LogP contribution in [0.5, 0.6) is 0 Å². The largest absolute Gasteiger partial charge is 0.310 e. The fourth-order valence-corrected chi connectivity index (χ4v) is 2.67. The molecule has 0 radical (unpaired) electrons. The van der Waals surface area contributed by atoms with Crippen LogP contribution in [0.15, 0.2) is 23.1 Å². The number of anilines is 1. The molecule has 0 saturated carbocycles. The Morgan fingerprint density at radius 1 is 1.59 bits per heavy atom. The Labute approximate surface area is 110 Å². The molecule has 0 N–H and O–H groups in total. The summed E-state index contributed by atoms with van der Waals surface area (Å²) in [5, 5.41) is 0.634. The molecule has 1 amide bonds. The molecule has 1 aliphatic heterocycles. The van der Waals surface area contributed by atoms with Crippen molar-refractivity contribution in [3.63, 3.8) is 0 Å². The number of nitrogens with zero attached hydrogens (tertiary/aromatic N) is 1. The molecule has 1 fully saturated rings. The van der Waals surface area contributed by atoms with Crippen LogP contribution in [-0.4, -0.2) is 18.7 Å². The molecule has 1 unspecified atom stereocenters. The third kappa shape index (κ3) is 2.43. The van der Waals surface area contributed by atoms with Gasteiger partial charge < -0.3 is 4.90 Å². The smallest absolute Gasteiger partial charge is 0.228 e. The summed E-state index contributed by atoms with van der Waals surface area (Å²) in [5.41, 5.74) is 0.868. The molecule has 0 bridgehead atoms. The molecule has 2 nitrogen and oxygen atoms in total. The van der Waals surface area contributed by atoms with E-state index in [0.717, 1.165) is 10.6 Å². The molecule has 0 aromatic heterocycles. The van der Waals surface area contributed by atoms with Crippen LogP contribution >= 0.6 is 23.4 Å². The third-order valence-corrected chi connectivity index (χ3v) is 3.81. The topological polar surface area (TPSA) is 20.3 Å². The maximum Gasteiger partial charge on any atom is 0.228 e. The number of carbonyl (C=O) groups is 1. The van der Waals surface area contributed by atoms with Gasteiger partial charge in [-0.05, 0) is 24.5 Å². The van der Waals surface area contributed by atoms with E-state index in [9.17, 15) is 4.79 Å². The minimum atomic E-state index is 0.0104. The van der Waals surface area contributed by atoms with Gasteiger partial charge in [-0.15, -0.1) is 24.1 Å². The summed E-state index contributed by atoms with van der Waals surface area (Å²) < 4.78 is 0. The van der Waals surface area contributed by atoms with Gasteiger partial charge in [0.05, 0.1) is 5.69 Å². The number of hydrogen-bond donors (Lipinski definition) is 0. The summed E-state index contributed by atoms with van der Waals surface area (Å²) in [6, 6.07) is 5.58.